The molecule has 2 fully saturated rings. The molecule has 0 heterocycles. The summed E-state index contributed by atoms with van der Waals surface area (Å²) in [5, 5.41) is 14.7. The van der Waals surface area contributed by atoms with E-state index in [9.17, 15) is 9.59 Å². The molecular formula is C13H22N2O3. The van der Waals surface area contributed by atoms with Crippen molar-refractivity contribution in [1.82, 2.24) is 10.6 Å². The average Bonchev–Trinajstić information content (AvgIpc) is 2.32. The first kappa shape index (κ1) is 13.2. The molecule has 18 heavy (non-hydrogen) atoms. The summed E-state index contributed by atoms with van der Waals surface area (Å²) in [6, 6.07) is 0.299. The fourth-order valence-corrected chi connectivity index (χ4v) is 2.64. The number of amides is 2. The molecule has 0 saturated heterocycles. The number of carboxylic acids is 1. The molecule has 2 saturated carbocycles. The molecule has 0 aromatic carbocycles. The third-order valence-corrected chi connectivity index (χ3v) is 4.19. The zero-order valence-electron chi connectivity index (χ0n) is 10.7. The molecule has 0 aromatic rings. The highest BCUT2D eigenvalue weighted by molar-refractivity contribution is 5.74. The van der Waals surface area contributed by atoms with Gasteiger partial charge in [0.25, 0.3) is 0 Å². The van der Waals surface area contributed by atoms with Gasteiger partial charge in [-0.1, -0.05) is 0 Å². The van der Waals surface area contributed by atoms with Crippen LogP contribution in [0.4, 0.5) is 4.79 Å². The number of carbonyl (C=O) groups is 2. The minimum absolute atomic E-state index is 0.0694. The topological polar surface area (TPSA) is 78.4 Å². The molecule has 2 aliphatic rings. The Bertz CT molecular complexity index is 307. The second-order valence-corrected chi connectivity index (χ2v) is 5.54. The maximum absolute atomic E-state index is 11.5. The van der Waals surface area contributed by atoms with Crippen molar-refractivity contribution in [1.29, 1.82) is 0 Å². The van der Waals surface area contributed by atoms with Gasteiger partial charge in [0.2, 0.25) is 0 Å². The average molecular weight is 254 g/mol. The highest BCUT2D eigenvalue weighted by atomic mass is 16.4. The minimum Gasteiger partial charge on any atom is -0.481 e. The maximum Gasteiger partial charge on any atom is 0.315 e. The monoisotopic (exact) mass is 254 g/mol. The molecule has 3 N–H and O–H groups in total. The van der Waals surface area contributed by atoms with Gasteiger partial charge in [-0.3, -0.25) is 4.79 Å². The molecule has 0 unspecified atom stereocenters. The van der Waals surface area contributed by atoms with Crippen LogP contribution in [-0.2, 0) is 4.79 Å². The van der Waals surface area contributed by atoms with Gasteiger partial charge in [-0.15, -0.1) is 0 Å². The van der Waals surface area contributed by atoms with Crippen molar-refractivity contribution in [2.75, 3.05) is 6.54 Å². The van der Waals surface area contributed by atoms with E-state index >= 15 is 0 Å². The Hall–Kier alpha value is -1.26. The second kappa shape index (κ2) is 6.07. The van der Waals surface area contributed by atoms with Gasteiger partial charge in [0.15, 0.2) is 0 Å². The quantitative estimate of drug-likeness (QED) is 0.715. The number of nitrogens with one attached hydrogen (secondary N) is 2. The van der Waals surface area contributed by atoms with Crippen molar-refractivity contribution in [2.45, 2.75) is 51.0 Å². The van der Waals surface area contributed by atoms with E-state index in [4.69, 9.17) is 5.11 Å². The van der Waals surface area contributed by atoms with Gasteiger partial charge in [0.05, 0.1) is 5.92 Å². The number of rotatable bonds is 4. The van der Waals surface area contributed by atoms with Crippen molar-refractivity contribution in [3.63, 3.8) is 0 Å². The van der Waals surface area contributed by atoms with E-state index in [1.807, 2.05) is 0 Å². The molecule has 0 spiro atoms. The van der Waals surface area contributed by atoms with Crippen LogP contribution in [0.2, 0.25) is 0 Å². The van der Waals surface area contributed by atoms with Crippen molar-refractivity contribution in [2.24, 2.45) is 11.8 Å². The zero-order chi connectivity index (χ0) is 13.0. The molecule has 5 heteroatoms. The molecular weight excluding hydrogens is 232 g/mol. The normalized spacial score (nSPS) is 28.2. The Kier molecular flexibility index (Phi) is 4.44. The van der Waals surface area contributed by atoms with Crippen LogP contribution in [0.25, 0.3) is 0 Å². The lowest BCUT2D eigenvalue weighted by Crippen LogP contribution is -2.46. The first-order valence-corrected chi connectivity index (χ1v) is 6.92. The Morgan fingerprint density at radius 1 is 1.06 bits per heavy atom. The Morgan fingerprint density at radius 2 is 1.72 bits per heavy atom. The van der Waals surface area contributed by atoms with Gasteiger partial charge in [-0.25, -0.2) is 4.79 Å². The standard InChI is InChI=1S/C13H22N2O3/c16-12(17)10-6-4-9(5-7-10)8-14-13(18)15-11-2-1-3-11/h9-11H,1-8H2,(H,16,17)(H2,14,15,18). The molecule has 2 rings (SSSR count). The van der Waals surface area contributed by atoms with Crippen molar-refractivity contribution in [3.8, 4) is 0 Å². The molecule has 2 aliphatic carbocycles. The summed E-state index contributed by atoms with van der Waals surface area (Å²) >= 11 is 0. The van der Waals surface area contributed by atoms with Gasteiger partial charge in [0, 0.05) is 12.6 Å². The molecule has 2 amide bonds. The Labute approximate surface area is 107 Å². The van der Waals surface area contributed by atoms with Crippen molar-refractivity contribution in [3.05, 3.63) is 0 Å². The number of carbonyl (C=O) groups excluding carboxylic acids is 1. The molecule has 0 radical (unpaired) electrons. The summed E-state index contributed by atoms with van der Waals surface area (Å²) in [5.41, 5.74) is 0. The number of urea groups is 1. The highest BCUT2D eigenvalue weighted by Crippen LogP contribution is 2.28. The maximum atomic E-state index is 11.5. The molecule has 102 valence electrons. The van der Waals surface area contributed by atoms with Crippen LogP contribution >= 0.6 is 0 Å². The van der Waals surface area contributed by atoms with Crippen LogP contribution in [0.1, 0.15) is 44.9 Å². The van der Waals surface area contributed by atoms with E-state index in [0.29, 0.717) is 18.5 Å². The zero-order valence-corrected chi connectivity index (χ0v) is 10.7. The Balaban J connectivity index is 1.59. The van der Waals surface area contributed by atoms with Gasteiger partial charge in [0.1, 0.15) is 0 Å². The van der Waals surface area contributed by atoms with Gasteiger partial charge in [-0.2, -0.15) is 0 Å². The smallest absolute Gasteiger partial charge is 0.315 e. The van der Waals surface area contributed by atoms with Crippen molar-refractivity contribution < 1.29 is 14.7 Å². The SMILES string of the molecule is O=C(NCC1CCC(C(=O)O)CC1)NC1CCC1. The van der Waals surface area contributed by atoms with Crippen LogP contribution in [0.5, 0.6) is 0 Å². The molecule has 5 nitrogen and oxygen atoms in total. The largest absolute Gasteiger partial charge is 0.481 e. The lowest BCUT2D eigenvalue weighted by atomic mass is 9.82. The van der Waals surface area contributed by atoms with Crippen LogP contribution < -0.4 is 10.6 Å². The number of carboxylic acid groups (broad SMARTS) is 1. The van der Waals surface area contributed by atoms with Crippen LogP contribution in [0, 0.1) is 11.8 Å². The summed E-state index contributed by atoms with van der Waals surface area (Å²) in [7, 11) is 0. The predicted octanol–water partition coefficient (Wildman–Crippen LogP) is 1.73. The van der Waals surface area contributed by atoms with Gasteiger partial charge >= 0.3 is 12.0 Å². The first-order chi connectivity index (χ1) is 8.65. The fourth-order valence-electron chi connectivity index (χ4n) is 2.64. The minimum atomic E-state index is -0.677. The summed E-state index contributed by atoms with van der Waals surface area (Å²) < 4.78 is 0. The van der Waals surface area contributed by atoms with Crippen LogP contribution in [0.15, 0.2) is 0 Å². The van der Waals surface area contributed by atoms with E-state index in [-0.39, 0.29) is 11.9 Å². The van der Waals surface area contributed by atoms with Gasteiger partial charge in [-0.05, 0) is 50.9 Å². The van der Waals surface area contributed by atoms with Crippen LogP contribution in [-0.4, -0.2) is 29.7 Å². The third kappa shape index (κ3) is 3.62. The lowest BCUT2D eigenvalue weighted by Gasteiger charge is -2.28. The predicted molar refractivity (Wildman–Crippen MR) is 67.3 cm³/mol. The summed E-state index contributed by atoms with van der Waals surface area (Å²) in [6.07, 6.45) is 6.69. The van der Waals surface area contributed by atoms with Crippen molar-refractivity contribution >= 4 is 12.0 Å². The molecule has 0 atom stereocenters. The third-order valence-electron chi connectivity index (χ3n) is 4.19. The van der Waals surface area contributed by atoms with E-state index in [2.05, 4.69) is 10.6 Å². The molecule has 0 bridgehead atoms. The number of aliphatic carboxylic acids is 1. The van der Waals surface area contributed by atoms with E-state index in [1.165, 1.54) is 6.42 Å². The number of hydrogen-bond acceptors (Lipinski definition) is 2. The lowest BCUT2D eigenvalue weighted by molar-refractivity contribution is -0.143. The fraction of sp³-hybridized carbons (Fsp3) is 0.846. The summed E-state index contributed by atoms with van der Waals surface area (Å²) in [6.45, 7) is 0.672. The van der Waals surface area contributed by atoms with Crippen LogP contribution in [0.3, 0.4) is 0 Å². The summed E-state index contributed by atoms with van der Waals surface area (Å²) in [5.74, 6) is -0.415. The van der Waals surface area contributed by atoms with E-state index < -0.39 is 5.97 Å². The summed E-state index contributed by atoms with van der Waals surface area (Å²) in [4.78, 5) is 22.4. The highest BCUT2D eigenvalue weighted by Gasteiger charge is 2.26. The Morgan fingerprint density at radius 3 is 2.22 bits per heavy atom. The molecule has 0 aliphatic heterocycles. The van der Waals surface area contributed by atoms with E-state index in [1.54, 1.807) is 0 Å². The first-order valence-electron chi connectivity index (χ1n) is 6.92. The second-order valence-electron chi connectivity index (χ2n) is 5.54. The van der Waals surface area contributed by atoms with Gasteiger partial charge < -0.3 is 15.7 Å². The molecule has 0 aromatic heterocycles. The van der Waals surface area contributed by atoms with E-state index in [0.717, 1.165) is 38.5 Å². The number of hydrogen-bond donors (Lipinski definition) is 3.